The van der Waals surface area contributed by atoms with Crippen molar-refractivity contribution in [3.05, 3.63) is 81.5 Å². The number of carbonyl (C=O) groups excluding carboxylic acids is 3. The fourth-order valence-electron chi connectivity index (χ4n) is 4.05. The highest BCUT2D eigenvalue weighted by Crippen LogP contribution is 2.38. The SMILES string of the molecule is CCOC(=O)c1c(NC(=O)C(=O)NN=Cc2ccc(OCc3ccccc3F)cc2)sc2c1CCCCC2. The number of amides is 2. The smallest absolute Gasteiger partial charge is 0.341 e. The van der Waals surface area contributed by atoms with Crippen molar-refractivity contribution in [2.75, 3.05) is 11.9 Å². The van der Waals surface area contributed by atoms with Crippen LogP contribution in [-0.2, 0) is 33.8 Å². The van der Waals surface area contributed by atoms with E-state index in [2.05, 4.69) is 15.8 Å². The number of hydrogen-bond donors (Lipinski definition) is 2. The summed E-state index contributed by atoms with van der Waals surface area (Å²) in [5, 5.41) is 6.73. The third-order valence-corrected chi connectivity index (χ3v) is 7.15. The molecule has 2 aromatic carbocycles. The van der Waals surface area contributed by atoms with Crippen LogP contribution in [0.4, 0.5) is 9.39 Å². The number of hydrazone groups is 1. The molecule has 0 radical (unpaired) electrons. The Hall–Kier alpha value is -4.05. The van der Waals surface area contributed by atoms with Gasteiger partial charge in [0.2, 0.25) is 0 Å². The molecule has 198 valence electrons. The molecule has 0 bridgehead atoms. The zero-order valence-corrected chi connectivity index (χ0v) is 21.7. The van der Waals surface area contributed by atoms with Crippen LogP contribution in [0.3, 0.4) is 0 Å². The number of nitrogens with zero attached hydrogens (tertiary/aromatic N) is 1. The summed E-state index contributed by atoms with van der Waals surface area (Å²) in [6, 6.07) is 13.2. The molecule has 0 atom stereocenters. The van der Waals surface area contributed by atoms with Crippen LogP contribution >= 0.6 is 11.3 Å². The number of ether oxygens (including phenoxy) is 2. The van der Waals surface area contributed by atoms with Gasteiger partial charge >= 0.3 is 17.8 Å². The number of halogens is 1. The van der Waals surface area contributed by atoms with Crippen molar-refractivity contribution in [2.45, 2.75) is 45.6 Å². The zero-order chi connectivity index (χ0) is 26.9. The van der Waals surface area contributed by atoms with Gasteiger partial charge in [-0.05, 0) is 74.1 Å². The predicted octanol–water partition coefficient (Wildman–Crippen LogP) is 5.00. The third kappa shape index (κ3) is 6.83. The van der Waals surface area contributed by atoms with Gasteiger partial charge in [-0.15, -0.1) is 11.3 Å². The number of rotatable bonds is 8. The molecular formula is C28H28FN3O5S. The van der Waals surface area contributed by atoms with E-state index in [4.69, 9.17) is 9.47 Å². The number of carbonyl (C=O) groups is 3. The van der Waals surface area contributed by atoms with E-state index < -0.39 is 17.8 Å². The first kappa shape index (κ1) is 27.0. The van der Waals surface area contributed by atoms with Crippen molar-refractivity contribution in [2.24, 2.45) is 5.10 Å². The molecule has 1 aliphatic rings. The number of thiophene rings is 1. The summed E-state index contributed by atoms with van der Waals surface area (Å²) in [4.78, 5) is 38.6. The van der Waals surface area contributed by atoms with Gasteiger partial charge in [-0.2, -0.15) is 5.10 Å². The number of fused-ring (bicyclic) bond motifs is 1. The molecule has 4 rings (SSSR count). The van der Waals surface area contributed by atoms with E-state index in [9.17, 15) is 18.8 Å². The quantitative estimate of drug-likeness (QED) is 0.138. The molecule has 0 saturated heterocycles. The first-order valence-corrected chi connectivity index (χ1v) is 13.2. The van der Waals surface area contributed by atoms with Crippen LogP contribution in [-0.4, -0.2) is 30.6 Å². The molecule has 0 fully saturated rings. The van der Waals surface area contributed by atoms with E-state index >= 15 is 0 Å². The standard InChI is InChI=1S/C28H28FN3O5S/c1-2-36-28(35)24-21-9-4-3-5-11-23(21)38-27(24)31-25(33)26(34)32-30-16-18-12-14-20(15-13-18)37-17-19-8-6-7-10-22(19)29/h6-8,10,12-16H,2-5,9,11,17H2,1H3,(H,31,33)(H,32,34). The van der Waals surface area contributed by atoms with Crippen LogP contribution in [0.25, 0.3) is 0 Å². The van der Waals surface area contributed by atoms with E-state index in [0.717, 1.165) is 42.5 Å². The highest BCUT2D eigenvalue weighted by molar-refractivity contribution is 7.17. The van der Waals surface area contributed by atoms with Gasteiger partial charge in [-0.3, -0.25) is 9.59 Å². The van der Waals surface area contributed by atoms with Crippen LogP contribution in [0.2, 0.25) is 0 Å². The number of nitrogens with one attached hydrogen (secondary N) is 2. The highest BCUT2D eigenvalue weighted by Gasteiger charge is 2.27. The van der Waals surface area contributed by atoms with Crippen molar-refractivity contribution in [1.82, 2.24) is 5.43 Å². The molecule has 1 aromatic heterocycles. The van der Waals surface area contributed by atoms with E-state index in [-0.39, 0.29) is 19.0 Å². The maximum Gasteiger partial charge on any atom is 0.341 e. The Labute approximate surface area is 223 Å². The third-order valence-electron chi connectivity index (χ3n) is 5.95. The normalized spacial score (nSPS) is 12.9. The summed E-state index contributed by atoms with van der Waals surface area (Å²) in [6.07, 6.45) is 5.98. The number of aryl methyl sites for hydroxylation is 1. The Morgan fingerprint density at radius 2 is 1.79 bits per heavy atom. The van der Waals surface area contributed by atoms with Crippen molar-refractivity contribution < 1.29 is 28.2 Å². The molecule has 38 heavy (non-hydrogen) atoms. The van der Waals surface area contributed by atoms with Gasteiger partial charge in [0.05, 0.1) is 18.4 Å². The molecule has 0 spiro atoms. The Morgan fingerprint density at radius 3 is 2.55 bits per heavy atom. The molecule has 2 amide bonds. The number of hydrogen-bond acceptors (Lipinski definition) is 7. The van der Waals surface area contributed by atoms with Gasteiger partial charge in [0.15, 0.2) is 0 Å². The fourth-order valence-corrected chi connectivity index (χ4v) is 5.33. The van der Waals surface area contributed by atoms with Crippen molar-refractivity contribution in [1.29, 1.82) is 0 Å². The Kier molecular flexibility index (Phi) is 9.21. The average Bonchev–Trinajstić information content (AvgIpc) is 3.09. The van der Waals surface area contributed by atoms with Crippen LogP contribution in [0.15, 0.2) is 53.6 Å². The molecule has 0 unspecified atom stereocenters. The van der Waals surface area contributed by atoms with Gasteiger partial charge in [0.25, 0.3) is 0 Å². The second kappa shape index (κ2) is 13.0. The lowest BCUT2D eigenvalue weighted by Gasteiger charge is -2.08. The highest BCUT2D eigenvalue weighted by atomic mass is 32.1. The zero-order valence-electron chi connectivity index (χ0n) is 20.9. The summed E-state index contributed by atoms with van der Waals surface area (Å²) in [7, 11) is 0. The van der Waals surface area contributed by atoms with E-state index in [0.29, 0.717) is 27.4 Å². The second-order valence-electron chi connectivity index (χ2n) is 8.59. The van der Waals surface area contributed by atoms with Gasteiger partial charge < -0.3 is 14.8 Å². The van der Waals surface area contributed by atoms with E-state index in [1.807, 2.05) is 0 Å². The molecule has 10 heteroatoms. The van der Waals surface area contributed by atoms with E-state index in [1.54, 1.807) is 49.4 Å². The summed E-state index contributed by atoms with van der Waals surface area (Å²) in [5.41, 5.74) is 4.54. The Morgan fingerprint density at radius 1 is 1.03 bits per heavy atom. The Balaban J connectivity index is 1.33. The second-order valence-corrected chi connectivity index (χ2v) is 9.70. The molecule has 1 aliphatic carbocycles. The van der Waals surface area contributed by atoms with Crippen LogP contribution < -0.4 is 15.5 Å². The molecule has 1 heterocycles. The molecular weight excluding hydrogens is 509 g/mol. The number of benzene rings is 2. The van der Waals surface area contributed by atoms with Gasteiger partial charge in [-0.25, -0.2) is 14.6 Å². The minimum absolute atomic E-state index is 0.0936. The maximum absolute atomic E-state index is 13.7. The maximum atomic E-state index is 13.7. The molecule has 2 N–H and O–H groups in total. The van der Waals surface area contributed by atoms with Crippen LogP contribution in [0, 0.1) is 5.82 Å². The average molecular weight is 538 g/mol. The number of anilines is 1. The topological polar surface area (TPSA) is 106 Å². The monoisotopic (exact) mass is 537 g/mol. The number of esters is 1. The lowest BCUT2D eigenvalue weighted by atomic mass is 10.1. The fraction of sp³-hybridized carbons (Fsp3) is 0.286. The van der Waals surface area contributed by atoms with E-state index in [1.165, 1.54) is 23.6 Å². The van der Waals surface area contributed by atoms with Gasteiger partial charge in [-0.1, -0.05) is 24.6 Å². The lowest BCUT2D eigenvalue weighted by molar-refractivity contribution is -0.136. The summed E-state index contributed by atoms with van der Waals surface area (Å²) >= 11 is 1.32. The molecule has 3 aromatic rings. The summed E-state index contributed by atoms with van der Waals surface area (Å²) in [6.45, 7) is 2.03. The predicted molar refractivity (Wildman–Crippen MR) is 143 cm³/mol. The van der Waals surface area contributed by atoms with Crippen molar-refractivity contribution >= 4 is 40.3 Å². The van der Waals surface area contributed by atoms with Gasteiger partial charge in [0, 0.05) is 10.4 Å². The summed E-state index contributed by atoms with van der Waals surface area (Å²) < 4.78 is 24.5. The van der Waals surface area contributed by atoms with Crippen molar-refractivity contribution in [3.63, 3.8) is 0 Å². The molecule has 0 saturated carbocycles. The van der Waals surface area contributed by atoms with Crippen molar-refractivity contribution in [3.8, 4) is 5.75 Å². The lowest BCUT2D eigenvalue weighted by Crippen LogP contribution is -2.32. The Bertz CT molecular complexity index is 1340. The first-order chi connectivity index (χ1) is 18.5. The molecule has 0 aliphatic heterocycles. The van der Waals surface area contributed by atoms with Crippen LogP contribution in [0.5, 0.6) is 5.75 Å². The largest absolute Gasteiger partial charge is 0.489 e. The van der Waals surface area contributed by atoms with Crippen LogP contribution in [0.1, 0.15) is 58.1 Å². The van der Waals surface area contributed by atoms with Gasteiger partial charge in [0.1, 0.15) is 23.2 Å². The minimum atomic E-state index is -0.968. The summed E-state index contributed by atoms with van der Waals surface area (Å²) in [5.74, 6) is -2.18. The molecule has 8 nitrogen and oxygen atoms in total. The minimum Gasteiger partial charge on any atom is -0.489 e. The first-order valence-electron chi connectivity index (χ1n) is 12.4.